The van der Waals surface area contributed by atoms with Gasteiger partial charge in [-0.05, 0) is 19.3 Å². The van der Waals surface area contributed by atoms with Crippen molar-refractivity contribution in [2.45, 2.75) is 32.1 Å². The highest BCUT2D eigenvalue weighted by Crippen LogP contribution is 2.08. The molecule has 0 bridgehead atoms. The maximum atomic E-state index is 8.53. The second-order valence-electron chi connectivity index (χ2n) is 4.33. The van der Waals surface area contributed by atoms with E-state index in [1.807, 2.05) is 0 Å². The van der Waals surface area contributed by atoms with Crippen LogP contribution in [0.5, 0.6) is 0 Å². The molecule has 0 spiro atoms. The fourth-order valence-electron chi connectivity index (χ4n) is 1.93. The molecule has 1 rings (SSSR count). The Kier molecular flexibility index (Phi) is 11.9. The van der Waals surface area contributed by atoms with Crippen molar-refractivity contribution in [1.82, 2.24) is 4.90 Å². The van der Waals surface area contributed by atoms with Crippen LogP contribution in [0.4, 0.5) is 0 Å². The van der Waals surface area contributed by atoms with Gasteiger partial charge in [0.15, 0.2) is 5.96 Å². The summed E-state index contributed by atoms with van der Waals surface area (Å²) >= 11 is 0. The molecule has 6 heteroatoms. The van der Waals surface area contributed by atoms with Gasteiger partial charge in [-0.1, -0.05) is 12.8 Å². The van der Waals surface area contributed by atoms with Gasteiger partial charge in [0.05, 0.1) is 13.2 Å². The van der Waals surface area contributed by atoms with E-state index < -0.39 is 0 Å². The van der Waals surface area contributed by atoms with Crippen molar-refractivity contribution < 1.29 is 9.84 Å². The van der Waals surface area contributed by atoms with Crippen LogP contribution in [0.3, 0.4) is 0 Å². The topological polar surface area (TPSA) is 71.1 Å². The second-order valence-corrected chi connectivity index (χ2v) is 4.33. The van der Waals surface area contributed by atoms with Crippen molar-refractivity contribution in [2.75, 3.05) is 39.5 Å². The number of aliphatic hydroxyl groups excluding tert-OH is 1. The molecule has 1 aliphatic rings. The number of guanidine groups is 1. The number of aliphatic imine (C=N–C) groups is 1. The van der Waals surface area contributed by atoms with Crippen molar-refractivity contribution in [3.05, 3.63) is 0 Å². The van der Waals surface area contributed by atoms with Gasteiger partial charge in [-0.2, -0.15) is 0 Å². The van der Waals surface area contributed by atoms with Gasteiger partial charge in [-0.25, -0.2) is 0 Å². The highest BCUT2D eigenvalue weighted by atomic mass is 127. The average molecular weight is 371 g/mol. The van der Waals surface area contributed by atoms with Gasteiger partial charge < -0.3 is 20.5 Å². The van der Waals surface area contributed by atoms with Crippen LogP contribution >= 0.6 is 24.0 Å². The van der Waals surface area contributed by atoms with Crippen molar-refractivity contribution in [3.63, 3.8) is 0 Å². The van der Waals surface area contributed by atoms with Crippen LogP contribution < -0.4 is 5.73 Å². The van der Waals surface area contributed by atoms with Crippen LogP contribution in [0.1, 0.15) is 32.1 Å². The summed E-state index contributed by atoms with van der Waals surface area (Å²) in [5.41, 5.74) is 5.95. The van der Waals surface area contributed by atoms with Crippen LogP contribution in [0.2, 0.25) is 0 Å². The van der Waals surface area contributed by atoms with Crippen molar-refractivity contribution >= 4 is 29.9 Å². The van der Waals surface area contributed by atoms with Crippen LogP contribution in [0, 0.1) is 0 Å². The predicted octanol–water partition coefficient (Wildman–Crippen LogP) is 1.19. The maximum absolute atomic E-state index is 8.53. The number of halogens is 1. The molecule has 1 aliphatic heterocycles. The Morgan fingerprint density at radius 1 is 1.17 bits per heavy atom. The van der Waals surface area contributed by atoms with E-state index in [1.165, 1.54) is 25.7 Å². The lowest BCUT2D eigenvalue weighted by molar-refractivity contribution is 0.0917. The first-order valence-corrected chi connectivity index (χ1v) is 6.58. The zero-order valence-electron chi connectivity index (χ0n) is 11.0. The van der Waals surface area contributed by atoms with Gasteiger partial charge >= 0.3 is 0 Å². The lowest BCUT2D eigenvalue weighted by Gasteiger charge is -2.21. The lowest BCUT2D eigenvalue weighted by atomic mass is 10.2. The molecule has 0 radical (unpaired) electrons. The third-order valence-electron chi connectivity index (χ3n) is 2.89. The van der Waals surface area contributed by atoms with E-state index in [-0.39, 0.29) is 30.6 Å². The van der Waals surface area contributed by atoms with E-state index in [9.17, 15) is 0 Å². The number of likely N-dealkylation sites (tertiary alicyclic amines) is 1. The summed E-state index contributed by atoms with van der Waals surface area (Å²) in [4.78, 5) is 6.55. The number of hydrogen-bond acceptors (Lipinski definition) is 3. The molecule has 0 atom stereocenters. The van der Waals surface area contributed by atoms with Crippen molar-refractivity contribution in [3.8, 4) is 0 Å². The minimum atomic E-state index is 0. The molecule has 0 aromatic carbocycles. The van der Waals surface area contributed by atoms with E-state index in [2.05, 4.69) is 9.89 Å². The highest BCUT2D eigenvalue weighted by molar-refractivity contribution is 14.0. The smallest absolute Gasteiger partial charge is 0.191 e. The zero-order chi connectivity index (χ0) is 12.3. The van der Waals surface area contributed by atoms with Gasteiger partial charge in [-0.3, -0.25) is 4.99 Å². The van der Waals surface area contributed by atoms with E-state index >= 15 is 0 Å². The molecule has 108 valence electrons. The van der Waals surface area contributed by atoms with E-state index in [4.69, 9.17) is 15.6 Å². The van der Waals surface area contributed by atoms with E-state index in [1.54, 1.807) is 0 Å². The lowest BCUT2D eigenvalue weighted by Crippen LogP contribution is -2.38. The summed E-state index contributed by atoms with van der Waals surface area (Å²) < 4.78 is 5.16. The molecule has 1 heterocycles. The number of ether oxygens (including phenoxy) is 1. The van der Waals surface area contributed by atoms with Gasteiger partial charge in [-0.15, -0.1) is 24.0 Å². The van der Waals surface area contributed by atoms with Crippen LogP contribution in [0.15, 0.2) is 4.99 Å². The predicted molar refractivity (Wildman–Crippen MR) is 84.5 cm³/mol. The fraction of sp³-hybridized carbons (Fsp3) is 0.917. The number of hydrogen-bond donors (Lipinski definition) is 2. The molecule has 0 aromatic heterocycles. The Balaban J connectivity index is 0.00000289. The van der Waals surface area contributed by atoms with Crippen molar-refractivity contribution in [1.29, 1.82) is 0 Å². The molecule has 0 amide bonds. The Labute approximate surface area is 127 Å². The Morgan fingerprint density at radius 2 is 1.83 bits per heavy atom. The van der Waals surface area contributed by atoms with Crippen molar-refractivity contribution in [2.24, 2.45) is 10.7 Å². The van der Waals surface area contributed by atoms with Crippen LogP contribution in [-0.2, 0) is 4.74 Å². The summed E-state index contributed by atoms with van der Waals surface area (Å²) in [5.74, 6) is 0.675. The van der Waals surface area contributed by atoms with E-state index in [0.717, 1.165) is 19.5 Å². The minimum absolute atomic E-state index is 0. The fourth-order valence-corrected chi connectivity index (χ4v) is 1.93. The number of rotatable bonds is 6. The first-order chi connectivity index (χ1) is 8.34. The third-order valence-corrected chi connectivity index (χ3v) is 2.89. The highest BCUT2D eigenvalue weighted by Gasteiger charge is 2.10. The minimum Gasteiger partial charge on any atom is -0.394 e. The number of nitrogens with zero attached hydrogens (tertiary/aromatic N) is 2. The molecule has 1 saturated heterocycles. The Bertz CT molecular complexity index is 219. The first-order valence-electron chi connectivity index (χ1n) is 6.58. The van der Waals surface area contributed by atoms with Gasteiger partial charge in [0.2, 0.25) is 0 Å². The van der Waals surface area contributed by atoms with Gasteiger partial charge in [0.25, 0.3) is 0 Å². The summed E-state index contributed by atoms with van der Waals surface area (Å²) in [6.45, 7) is 3.91. The second kappa shape index (κ2) is 12.0. The third kappa shape index (κ3) is 8.10. The molecule has 3 N–H and O–H groups in total. The van der Waals surface area contributed by atoms with Gasteiger partial charge in [0.1, 0.15) is 0 Å². The molecule has 0 unspecified atom stereocenters. The standard InChI is InChI=1S/C12H25N3O2.HI/c13-12(14-6-5-10-17-11-9-16)15-7-3-1-2-4-8-15;/h16H,1-11H2,(H2,13,14);1H. The largest absolute Gasteiger partial charge is 0.394 e. The van der Waals surface area contributed by atoms with Crippen LogP contribution in [0.25, 0.3) is 0 Å². The summed E-state index contributed by atoms with van der Waals surface area (Å²) in [7, 11) is 0. The maximum Gasteiger partial charge on any atom is 0.191 e. The quantitative estimate of drug-likeness (QED) is 0.319. The Hall–Kier alpha value is -0.0800. The Morgan fingerprint density at radius 3 is 2.44 bits per heavy atom. The van der Waals surface area contributed by atoms with E-state index in [0.29, 0.717) is 25.7 Å². The average Bonchev–Trinajstić information content (AvgIpc) is 2.62. The molecular formula is C12H26IN3O2. The first kappa shape index (κ1) is 17.9. The molecule has 0 aliphatic carbocycles. The van der Waals surface area contributed by atoms with Gasteiger partial charge in [0, 0.05) is 26.2 Å². The molecule has 5 nitrogen and oxygen atoms in total. The number of nitrogens with two attached hydrogens (primary N) is 1. The normalized spacial score (nSPS) is 17.2. The monoisotopic (exact) mass is 371 g/mol. The summed E-state index contributed by atoms with van der Waals surface area (Å²) in [5, 5.41) is 8.53. The molecule has 0 saturated carbocycles. The molecular weight excluding hydrogens is 345 g/mol. The summed E-state index contributed by atoms with van der Waals surface area (Å²) in [6, 6.07) is 0. The number of aliphatic hydroxyl groups is 1. The summed E-state index contributed by atoms with van der Waals surface area (Å²) in [6.07, 6.45) is 5.90. The van der Waals surface area contributed by atoms with Crippen LogP contribution in [-0.4, -0.2) is 55.4 Å². The molecule has 18 heavy (non-hydrogen) atoms. The molecule has 1 fully saturated rings. The molecule has 0 aromatic rings. The zero-order valence-corrected chi connectivity index (χ0v) is 13.3. The SMILES string of the molecule is I.NC(=NCCCOCCO)N1CCCCCC1.